The second kappa shape index (κ2) is 10.5. The van der Waals surface area contributed by atoms with E-state index in [4.69, 9.17) is 23.1 Å². The molecule has 0 unspecified atom stereocenters. The van der Waals surface area contributed by atoms with Crippen LogP contribution in [-0.4, -0.2) is 29.4 Å². The van der Waals surface area contributed by atoms with Crippen LogP contribution in [0.15, 0.2) is 65.6 Å². The van der Waals surface area contributed by atoms with Gasteiger partial charge in [0.1, 0.15) is 27.2 Å². The fraction of sp³-hybridized carbons (Fsp3) is 0.0741. The average molecular weight is 590 g/mol. The number of halogens is 1. The normalized spacial score (nSPS) is 11.3. The maximum absolute atomic E-state index is 13.5. The minimum atomic E-state index is -4.00. The van der Waals surface area contributed by atoms with E-state index in [1.54, 1.807) is 0 Å². The Balaban J connectivity index is 1.53. The molecular weight excluding hydrogens is 570 g/mol. The summed E-state index contributed by atoms with van der Waals surface area (Å²) in [6.45, 7) is 2.04. The Morgan fingerprint density at radius 1 is 1.05 bits per heavy atom. The number of sulfonamides is 1. The molecule has 5 N–H and O–H groups in total. The Kier molecular flexibility index (Phi) is 7.12. The zero-order chi connectivity index (χ0) is 28.6. The highest BCUT2D eigenvalue weighted by molar-refractivity contribution is 7.92. The number of nitrogens with zero attached hydrogens (tertiary/aromatic N) is 4. The van der Waals surface area contributed by atoms with Crippen LogP contribution in [0.4, 0.5) is 17.3 Å². The molecule has 10 nitrogen and oxygen atoms in total. The number of ketones is 1. The van der Waals surface area contributed by atoms with Crippen LogP contribution in [0.3, 0.4) is 0 Å². The van der Waals surface area contributed by atoms with Crippen molar-refractivity contribution in [1.29, 1.82) is 5.26 Å². The summed E-state index contributed by atoms with van der Waals surface area (Å²) in [6, 6.07) is 18.0. The van der Waals surface area contributed by atoms with Gasteiger partial charge in [0.25, 0.3) is 10.0 Å². The minimum Gasteiger partial charge on any atom is -0.397 e. The third-order valence-electron chi connectivity index (χ3n) is 6.17. The molecule has 0 saturated carbocycles. The van der Waals surface area contributed by atoms with Crippen molar-refractivity contribution >= 4 is 66.3 Å². The lowest BCUT2D eigenvalue weighted by Crippen LogP contribution is -2.14. The highest BCUT2D eigenvalue weighted by Gasteiger charge is 2.25. The summed E-state index contributed by atoms with van der Waals surface area (Å²) in [5.74, 6) is -0.395. The molecule has 0 aliphatic heterocycles. The summed E-state index contributed by atoms with van der Waals surface area (Å²) in [5.41, 5.74) is 15.6. The second-order valence-electron chi connectivity index (χ2n) is 8.63. The monoisotopic (exact) mass is 589 g/mol. The molecule has 0 fully saturated rings. The number of aryl methyl sites for hydroxylation is 1. The van der Waals surface area contributed by atoms with Crippen LogP contribution in [0, 0.1) is 11.3 Å². The number of pyridine rings is 1. The van der Waals surface area contributed by atoms with E-state index in [1.807, 2.05) is 31.2 Å². The van der Waals surface area contributed by atoms with Crippen molar-refractivity contribution in [3.8, 4) is 17.2 Å². The van der Waals surface area contributed by atoms with Crippen molar-refractivity contribution in [2.45, 2.75) is 18.2 Å². The van der Waals surface area contributed by atoms with Crippen molar-refractivity contribution in [3.63, 3.8) is 0 Å². The first-order chi connectivity index (χ1) is 19.1. The number of nitrogens with two attached hydrogens (primary N) is 2. The van der Waals surface area contributed by atoms with Gasteiger partial charge in [-0.3, -0.25) is 9.52 Å². The Morgan fingerprint density at radius 2 is 1.75 bits per heavy atom. The number of rotatable bonds is 7. The number of nitrogen functional groups attached to an aromatic ring is 2. The number of benzene rings is 2. The number of fused-ring (bicyclic) bond motifs is 1. The first-order valence-electron chi connectivity index (χ1n) is 11.8. The lowest BCUT2D eigenvalue weighted by Gasteiger charge is -2.10. The van der Waals surface area contributed by atoms with Crippen molar-refractivity contribution in [2.75, 3.05) is 16.2 Å². The van der Waals surface area contributed by atoms with Gasteiger partial charge >= 0.3 is 0 Å². The number of thiophene rings is 1. The van der Waals surface area contributed by atoms with Crippen molar-refractivity contribution in [1.82, 2.24) is 15.2 Å². The molecule has 0 spiro atoms. The van der Waals surface area contributed by atoms with Crippen LogP contribution >= 0.6 is 22.9 Å². The number of carbonyl (C=O) groups excluding carboxylic acids is 1. The van der Waals surface area contributed by atoms with Gasteiger partial charge in [-0.25, -0.2) is 13.4 Å². The molecule has 13 heteroatoms. The lowest BCUT2D eigenvalue weighted by molar-refractivity contribution is 0.104. The molecule has 5 aromatic rings. The van der Waals surface area contributed by atoms with E-state index in [2.05, 4.69) is 26.0 Å². The van der Waals surface area contributed by atoms with Crippen LogP contribution in [-0.2, 0) is 16.4 Å². The van der Waals surface area contributed by atoms with E-state index < -0.39 is 15.8 Å². The maximum atomic E-state index is 13.5. The van der Waals surface area contributed by atoms with E-state index in [0.29, 0.717) is 15.8 Å². The molecule has 2 aromatic carbocycles. The van der Waals surface area contributed by atoms with E-state index in [9.17, 15) is 18.5 Å². The molecule has 5 rings (SSSR count). The third kappa shape index (κ3) is 4.93. The van der Waals surface area contributed by atoms with Gasteiger partial charge in [0.2, 0.25) is 5.78 Å². The molecule has 0 aliphatic rings. The zero-order valence-corrected chi connectivity index (χ0v) is 23.2. The molecule has 200 valence electrons. The van der Waals surface area contributed by atoms with Gasteiger partial charge in [-0.05, 0) is 53.9 Å². The first kappa shape index (κ1) is 27.0. The first-order valence-corrected chi connectivity index (χ1v) is 14.5. The quantitative estimate of drug-likeness (QED) is 0.219. The summed E-state index contributed by atoms with van der Waals surface area (Å²) < 4.78 is 27.8. The highest BCUT2D eigenvalue weighted by Crippen LogP contribution is 2.43. The standard InChI is InChI=1S/C27H20ClN7O3S2/c1-2-14-3-5-15(6-4-14)21-18(13-29)26(31)32-27-22(21)23(30)25(39-27)24(36)16-7-9-17(10-8-16)40(37,38)35-20-12-11-19(28)33-34-20/h3-12H,2,30H2,1H3,(H2,31,32)(H,34,35). The Hall–Kier alpha value is -4.57. The molecule has 0 radical (unpaired) electrons. The molecule has 0 aliphatic carbocycles. The fourth-order valence-corrected chi connectivity index (χ4v) is 6.30. The van der Waals surface area contributed by atoms with Gasteiger partial charge in [-0.1, -0.05) is 42.8 Å². The molecule has 0 atom stereocenters. The van der Waals surface area contributed by atoms with Gasteiger partial charge < -0.3 is 11.5 Å². The van der Waals surface area contributed by atoms with Crippen LogP contribution in [0.1, 0.15) is 33.3 Å². The molecule has 40 heavy (non-hydrogen) atoms. The number of aromatic nitrogens is 3. The number of nitrogens with one attached hydrogen (secondary N) is 1. The van der Waals surface area contributed by atoms with Crippen molar-refractivity contribution in [3.05, 3.63) is 87.4 Å². The van der Waals surface area contributed by atoms with Gasteiger partial charge in [-0.2, -0.15) is 5.26 Å². The summed E-state index contributed by atoms with van der Waals surface area (Å²) in [7, 11) is -4.00. The van der Waals surface area contributed by atoms with Gasteiger partial charge in [0, 0.05) is 16.5 Å². The Bertz CT molecular complexity index is 1920. The SMILES string of the molecule is CCc1ccc(-c2c(C#N)c(N)nc3sc(C(=O)c4ccc(S(=O)(=O)Nc5ccc(Cl)nn5)cc4)c(N)c23)cc1. The van der Waals surface area contributed by atoms with E-state index in [-0.39, 0.29) is 43.4 Å². The smallest absolute Gasteiger partial charge is 0.263 e. The third-order valence-corrected chi connectivity index (χ3v) is 8.84. The summed E-state index contributed by atoms with van der Waals surface area (Å²) >= 11 is 6.75. The number of hydrogen-bond acceptors (Lipinski definition) is 10. The van der Waals surface area contributed by atoms with Crippen LogP contribution < -0.4 is 16.2 Å². The largest absolute Gasteiger partial charge is 0.397 e. The van der Waals surface area contributed by atoms with Crippen LogP contribution in [0.5, 0.6) is 0 Å². The highest BCUT2D eigenvalue weighted by atomic mass is 35.5. The molecule has 0 bridgehead atoms. The molecule has 0 saturated heterocycles. The number of nitriles is 1. The lowest BCUT2D eigenvalue weighted by atomic mass is 9.95. The fourth-order valence-electron chi connectivity index (χ4n) is 4.13. The van der Waals surface area contributed by atoms with Crippen LogP contribution in [0.2, 0.25) is 5.15 Å². The number of hydrogen-bond donors (Lipinski definition) is 3. The summed E-state index contributed by atoms with van der Waals surface area (Å²) in [6.07, 6.45) is 0.851. The molecular formula is C27H20ClN7O3S2. The number of anilines is 3. The predicted octanol–water partition coefficient (Wildman–Crippen LogP) is 5.04. The van der Waals surface area contributed by atoms with E-state index >= 15 is 0 Å². The Labute approximate surface area is 238 Å². The summed E-state index contributed by atoms with van der Waals surface area (Å²) in [4.78, 5) is 18.4. The second-order valence-corrected chi connectivity index (χ2v) is 11.7. The van der Waals surface area contributed by atoms with Crippen LogP contribution in [0.25, 0.3) is 21.3 Å². The number of carbonyl (C=O) groups is 1. The molecule has 3 aromatic heterocycles. The summed E-state index contributed by atoms with van der Waals surface area (Å²) in [5, 5.41) is 17.7. The van der Waals surface area contributed by atoms with E-state index in [1.165, 1.54) is 36.4 Å². The average Bonchev–Trinajstić information content (AvgIpc) is 3.28. The van der Waals surface area contributed by atoms with Gasteiger partial charge in [0.05, 0.1) is 10.6 Å². The van der Waals surface area contributed by atoms with E-state index in [0.717, 1.165) is 28.9 Å². The maximum Gasteiger partial charge on any atom is 0.263 e. The van der Waals surface area contributed by atoms with Gasteiger partial charge in [-0.15, -0.1) is 21.5 Å². The minimum absolute atomic E-state index is 0.00810. The Morgan fingerprint density at radius 3 is 2.35 bits per heavy atom. The van der Waals surface area contributed by atoms with Gasteiger partial charge in [0.15, 0.2) is 11.0 Å². The predicted molar refractivity (Wildman–Crippen MR) is 156 cm³/mol. The van der Waals surface area contributed by atoms with Crippen molar-refractivity contribution < 1.29 is 13.2 Å². The zero-order valence-electron chi connectivity index (χ0n) is 20.8. The molecule has 3 heterocycles. The molecule has 0 amide bonds. The topological polar surface area (TPSA) is 178 Å². The van der Waals surface area contributed by atoms with Crippen molar-refractivity contribution in [2.24, 2.45) is 0 Å².